The summed E-state index contributed by atoms with van der Waals surface area (Å²) in [5.41, 5.74) is 1.25. The Kier molecular flexibility index (Phi) is 10.1. The third-order valence-electron chi connectivity index (χ3n) is 5.21. The molecule has 0 aliphatic carbocycles. The Balaban J connectivity index is 0.00000320. The average molecular weight is 525 g/mol. The van der Waals surface area contributed by atoms with Gasteiger partial charge < -0.3 is 20.5 Å². The summed E-state index contributed by atoms with van der Waals surface area (Å²) >= 11 is 0. The van der Waals surface area contributed by atoms with E-state index in [2.05, 4.69) is 59.7 Å². The van der Waals surface area contributed by atoms with Gasteiger partial charge in [-0.1, -0.05) is 30.3 Å². The van der Waals surface area contributed by atoms with Crippen molar-refractivity contribution in [3.05, 3.63) is 54.1 Å². The lowest BCUT2D eigenvalue weighted by molar-refractivity contribution is -0.122. The molecule has 0 saturated carbocycles. The van der Waals surface area contributed by atoms with Crippen LogP contribution in [0.15, 0.2) is 47.7 Å². The van der Waals surface area contributed by atoms with Gasteiger partial charge in [-0.05, 0) is 18.4 Å². The number of imidazole rings is 1. The zero-order chi connectivity index (χ0) is 20.5. The number of hydrogen-bond donors (Lipinski definition) is 3. The fraction of sp³-hybridized carbons (Fsp3) is 0.476. The molecule has 2 heterocycles. The molecule has 164 valence electrons. The van der Waals surface area contributed by atoms with Gasteiger partial charge in [0.2, 0.25) is 5.91 Å². The Morgan fingerprint density at radius 3 is 2.63 bits per heavy atom. The fourth-order valence-corrected chi connectivity index (χ4v) is 3.50. The lowest BCUT2D eigenvalue weighted by Crippen LogP contribution is -2.49. The van der Waals surface area contributed by atoms with Gasteiger partial charge in [-0.25, -0.2) is 4.98 Å². The van der Waals surface area contributed by atoms with Gasteiger partial charge in [0.05, 0.1) is 13.1 Å². The zero-order valence-electron chi connectivity index (χ0n) is 17.7. The van der Waals surface area contributed by atoms with E-state index in [0.717, 1.165) is 44.3 Å². The predicted molar refractivity (Wildman–Crippen MR) is 130 cm³/mol. The first-order valence-corrected chi connectivity index (χ1v) is 10.1. The molecule has 2 aromatic rings. The van der Waals surface area contributed by atoms with E-state index in [-0.39, 0.29) is 29.9 Å². The number of carbonyl (C=O) groups is 1. The molecule has 1 aliphatic heterocycles. The summed E-state index contributed by atoms with van der Waals surface area (Å²) in [6.07, 6.45) is 5.81. The molecule has 0 spiro atoms. The molecule has 30 heavy (non-hydrogen) atoms. The van der Waals surface area contributed by atoms with Crippen LogP contribution < -0.4 is 16.0 Å². The van der Waals surface area contributed by atoms with E-state index >= 15 is 0 Å². The summed E-state index contributed by atoms with van der Waals surface area (Å²) in [4.78, 5) is 22.5. The number of nitrogens with one attached hydrogen (secondary N) is 3. The molecule has 8 nitrogen and oxygen atoms in total. The average Bonchev–Trinajstić information content (AvgIpc) is 3.19. The van der Waals surface area contributed by atoms with E-state index < -0.39 is 0 Å². The van der Waals surface area contributed by atoms with E-state index in [1.807, 2.05) is 18.5 Å². The molecule has 0 atom stereocenters. The highest BCUT2D eigenvalue weighted by Gasteiger charge is 2.21. The molecule has 3 rings (SSSR count). The van der Waals surface area contributed by atoms with Crippen LogP contribution >= 0.6 is 24.0 Å². The van der Waals surface area contributed by atoms with Gasteiger partial charge >= 0.3 is 0 Å². The molecule has 1 aliphatic rings. The van der Waals surface area contributed by atoms with Crippen molar-refractivity contribution in [2.45, 2.75) is 32.0 Å². The Bertz CT molecular complexity index is 801. The summed E-state index contributed by atoms with van der Waals surface area (Å²) in [5, 5.41) is 9.56. The number of guanidine groups is 1. The van der Waals surface area contributed by atoms with E-state index in [0.29, 0.717) is 19.1 Å². The smallest absolute Gasteiger partial charge is 0.233 e. The summed E-state index contributed by atoms with van der Waals surface area (Å²) in [5.74, 6) is 1.82. The maximum Gasteiger partial charge on any atom is 0.233 e. The maximum atomic E-state index is 11.5. The third kappa shape index (κ3) is 7.28. The van der Waals surface area contributed by atoms with Crippen LogP contribution in [0.1, 0.15) is 24.2 Å². The van der Waals surface area contributed by atoms with Gasteiger partial charge in [-0.3, -0.25) is 14.7 Å². The molecule has 3 N–H and O–H groups in total. The number of benzene rings is 1. The highest BCUT2D eigenvalue weighted by atomic mass is 127. The molecule has 9 heteroatoms. The number of piperidine rings is 1. The number of carbonyl (C=O) groups excluding carboxylic acids is 1. The van der Waals surface area contributed by atoms with Crippen molar-refractivity contribution in [3.8, 4) is 0 Å². The Hall–Kier alpha value is -2.14. The number of hydrogen-bond acceptors (Lipinski definition) is 4. The van der Waals surface area contributed by atoms with Crippen LogP contribution in [0.4, 0.5) is 0 Å². The zero-order valence-corrected chi connectivity index (χ0v) is 20.0. The molecule has 1 fully saturated rings. The quantitative estimate of drug-likeness (QED) is 0.289. The maximum absolute atomic E-state index is 11.5. The Morgan fingerprint density at radius 2 is 1.97 bits per heavy atom. The van der Waals surface area contributed by atoms with Crippen molar-refractivity contribution in [3.63, 3.8) is 0 Å². The predicted octanol–water partition coefficient (Wildman–Crippen LogP) is 1.42. The van der Waals surface area contributed by atoms with Crippen LogP contribution in [0.2, 0.25) is 0 Å². The van der Waals surface area contributed by atoms with E-state index in [9.17, 15) is 4.79 Å². The topological polar surface area (TPSA) is 86.6 Å². The molecule has 0 bridgehead atoms. The Labute approximate surface area is 195 Å². The summed E-state index contributed by atoms with van der Waals surface area (Å²) in [6.45, 7) is 3.69. The van der Waals surface area contributed by atoms with Gasteiger partial charge in [0.25, 0.3) is 0 Å². The van der Waals surface area contributed by atoms with Crippen LogP contribution in [0.5, 0.6) is 0 Å². The third-order valence-corrected chi connectivity index (χ3v) is 5.21. The molecule has 0 unspecified atom stereocenters. The molecule has 1 aromatic carbocycles. The molecule has 1 aromatic heterocycles. The molecule has 1 saturated heterocycles. The van der Waals surface area contributed by atoms with E-state index in [4.69, 9.17) is 0 Å². The van der Waals surface area contributed by atoms with Gasteiger partial charge in [0.1, 0.15) is 5.82 Å². The first kappa shape index (κ1) is 24.1. The summed E-state index contributed by atoms with van der Waals surface area (Å²) in [7, 11) is 3.46. The first-order valence-electron chi connectivity index (χ1n) is 10.1. The minimum Gasteiger partial charge on any atom is -0.358 e. The SMILES string of the molecule is CN=C(NCc1nccn1Cc1ccccc1)NC1CCN(CC(=O)NC)CC1.I. The number of amides is 1. The minimum absolute atomic E-state index is 0. The second-order valence-corrected chi connectivity index (χ2v) is 7.25. The second kappa shape index (κ2) is 12.5. The summed E-state index contributed by atoms with van der Waals surface area (Å²) < 4.78 is 2.15. The van der Waals surface area contributed by atoms with Crippen LogP contribution in [-0.4, -0.2) is 66.1 Å². The molecule has 0 radical (unpaired) electrons. The van der Waals surface area contributed by atoms with E-state index in [1.54, 1.807) is 14.1 Å². The number of nitrogens with zero attached hydrogens (tertiary/aromatic N) is 4. The number of rotatable bonds is 7. The molecule has 1 amide bonds. The summed E-state index contributed by atoms with van der Waals surface area (Å²) in [6, 6.07) is 10.7. The number of aromatic nitrogens is 2. The highest BCUT2D eigenvalue weighted by molar-refractivity contribution is 14.0. The fourth-order valence-electron chi connectivity index (χ4n) is 3.50. The lowest BCUT2D eigenvalue weighted by Gasteiger charge is -2.32. The van der Waals surface area contributed by atoms with Crippen molar-refractivity contribution in [2.24, 2.45) is 4.99 Å². The van der Waals surface area contributed by atoms with Crippen molar-refractivity contribution in [2.75, 3.05) is 33.7 Å². The molecular weight excluding hydrogens is 493 g/mol. The first-order chi connectivity index (χ1) is 14.2. The largest absolute Gasteiger partial charge is 0.358 e. The number of aliphatic imine (C=N–C) groups is 1. The number of likely N-dealkylation sites (tertiary alicyclic amines) is 1. The second-order valence-electron chi connectivity index (χ2n) is 7.25. The van der Waals surface area contributed by atoms with Crippen LogP contribution in [0, 0.1) is 0 Å². The van der Waals surface area contributed by atoms with Crippen molar-refractivity contribution >= 4 is 35.8 Å². The van der Waals surface area contributed by atoms with Gasteiger partial charge in [0, 0.05) is 52.2 Å². The van der Waals surface area contributed by atoms with Gasteiger partial charge in [-0.15, -0.1) is 24.0 Å². The monoisotopic (exact) mass is 525 g/mol. The molecular formula is C21H32IN7O. The standard InChI is InChI=1S/C21H31N7O.HI/c1-22-20(29)16-27-11-8-18(9-12-27)26-21(23-2)25-14-19-24-10-13-28(19)15-17-6-4-3-5-7-17;/h3-7,10,13,18H,8-9,11-12,14-16H2,1-2H3,(H,22,29)(H2,23,25,26);1H. The van der Waals surface area contributed by atoms with Crippen molar-refractivity contribution < 1.29 is 4.79 Å². The van der Waals surface area contributed by atoms with Crippen LogP contribution in [0.3, 0.4) is 0 Å². The van der Waals surface area contributed by atoms with Crippen LogP contribution in [-0.2, 0) is 17.9 Å². The highest BCUT2D eigenvalue weighted by Crippen LogP contribution is 2.10. The van der Waals surface area contributed by atoms with Crippen molar-refractivity contribution in [1.82, 2.24) is 30.4 Å². The van der Waals surface area contributed by atoms with Gasteiger partial charge in [0.15, 0.2) is 5.96 Å². The lowest BCUT2D eigenvalue weighted by atomic mass is 10.1. The number of halogens is 1. The van der Waals surface area contributed by atoms with Gasteiger partial charge in [-0.2, -0.15) is 0 Å². The van der Waals surface area contributed by atoms with E-state index in [1.165, 1.54) is 5.56 Å². The minimum atomic E-state index is 0. The van der Waals surface area contributed by atoms with Crippen LogP contribution in [0.25, 0.3) is 0 Å². The number of likely N-dealkylation sites (N-methyl/N-ethyl adjacent to an activating group) is 1. The normalized spacial score (nSPS) is 15.3. The Morgan fingerprint density at radius 1 is 1.23 bits per heavy atom. The van der Waals surface area contributed by atoms with Crippen molar-refractivity contribution in [1.29, 1.82) is 0 Å².